The molecule has 35 heavy (non-hydrogen) atoms. The van der Waals surface area contributed by atoms with Crippen molar-refractivity contribution in [3.63, 3.8) is 0 Å². The van der Waals surface area contributed by atoms with Crippen LogP contribution < -0.4 is 10.4 Å². The number of ether oxygens (including phenoxy) is 1. The zero-order chi connectivity index (χ0) is 24.7. The zero-order valence-electron chi connectivity index (χ0n) is 19.2. The van der Waals surface area contributed by atoms with Crippen molar-refractivity contribution < 1.29 is 31.6 Å². The van der Waals surface area contributed by atoms with E-state index in [-0.39, 0.29) is 28.1 Å². The van der Waals surface area contributed by atoms with Gasteiger partial charge in [-0.25, -0.2) is 13.2 Å². The number of furan rings is 1. The highest BCUT2D eigenvalue weighted by atomic mass is 32.2. The summed E-state index contributed by atoms with van der Waals surface area (Å²) in [4.78, 5) is 12.0. The van der Waals surface area contributed by atoms with Gasteiger partial charge >= 0.3 is 5.63 Å². The molecule has 5 rings (SSSR count). The number of fused-ring (bicyclic) bond motifs is 1. The van der Waals surface area contributed by atoms with Crippen LogP contribution in [0.3, 0.4) is 0 Å². The fourth-order valence-electron chi connectivity index (χ4n) is 4.25. The Morgan fingerprint density at radius 3 is 2.77 bits per heavy atom. The van der Waals surface area contributed by atoms with Gasteiger partial charge in [0.05, 0.1) is 18.4 Å². The Morgan fingerprint density at radius 1 is 1.17 bits per heavy atom. The van der Waals surface area contributed by atoms with Crippen molar-refractivity contribution in [2.75, 3.05) is 19.7 Å². The number of sulfonamides is 1. The fourth-order valence-corrected chi connectivity index (χ4v) is 5.65. The van der Waals surface area contributed by atoms with Crippen LogP contribution in [0.4, 0.5) is 0 Å². The van der Waals surface area contributed by atoms with Gasteiger partial charge in [-0.1, -0.05) is 5.16 Å². The molecule has 0 amide bonds. The monoisotopic (exact) mass is 500 g/mol. The molecular formula is C24H24N2O8S. The summed E-state index contributed by atoms with van der Waals surface area (Å²) in [7, 11) is -3.71. The number of piperidine rings is 1. The minimum Gasteiger partial charge on any atom is -0.507 e. The number of hydrogen-bond acceptors (Lipinski definition) is 9. The van der Waals surface area contributed by atoms with Gasteiger partial charge in [0.15, 0.2) is 11.5 Å². The van der Waals surface area contributed by atoms with Gasteiger partial charge in [0.1, 0.15) is 17.1 Å². The lowest BCUT2D eigenvalue weighted by Gasteiger charge is -2.30. The van der Waals surface area contributed by atoms with Gasteiger partial charge in [0.2, 0.25) is 0 Å². The van der Waals surface area contributed by atoms with Crippen molar-refractivity contribution in [1.82, 2.24) is 9.46 Å². The Balaban J connectivity index is 1.31. The van der Waals surface area contributed by atoms with Crippen molar-refractivity contribution >= 4 is 21.0 Å². The van der Waals surface area contributed by atoms with Gasteiger partial charge in [0.25, 0.3) is 15.1 Å². The molecule has 3 aromatic heterocycles. The molecule has 0 saturated carbocycles. The minimum atomic E-state index is -3.71. The van der Waals surface area contributed by atoms with E-state index < -0.39 is 15.6 Å². The molecular weight excluding hydrogens is 476 g/mol. The quantitative estimate of drug-likeness (QED) is 0.419. The Morgan fingerprint density at radius 2 is 2.00 bits per heavy atom. The van der Waals surface area contributed by atoms with Crippen LogP contribution in [0.5, 0.6) is 11.5 Å². The van der Waals surface area contributed by atoms with E-state index in [1.165, 1.54) is 23.5 Å². The number of benzene rings is 1. The highest BCUT2D eigenvalue weighted by Crippen LogP contribution is 2.35. The topological polar surface area (TPSA) is 136 Å². The third-order valence-electron chi connectivity index (χ3n) is 6.24. The van der Waals surface area contributed by atoms with E-state index in [2.05, 4.69) is 5.16 Å². The maximum absolute atomic E-state index is 12.7. The van der Waals surface area contributed by atoms with Crippen LogP contribution in [0.25, 0.3) is 22.5 Å². The first kappa shape index (κ1) is 23.2. The van der Waals surface area contributed by atoms with E-state index in [1.807, 2.05) is 0 Å². The van der Waals surface area contributed by atoms with E-state index in [1.54, 1.807) is 31.2 Å². The predicted molar refractivity (Wildman–Crippen MR) is 125 cm³/mol. The van der Waals surface area contributed by atoms with Crippen molar-refractivity contribution in [3.05, 3.63) is 58.1 Å². The molecule has 184 valence electrons. The van der Waals surface area contributed by atoms with Gasteiger partial charge in [-0.15, -0.1) is 0 Å². The van der Waals surface area contributed by atoms with Gasteiger partial charge in [-0.3, -0.25) is 0 Å². The van der Waals surface area contributed by atoms with Gasteiger partial charge < -0.3 is 23.2 Å². The molecule has 1 saturated heterocycles. The lowest BCUT2D eigenvalue weighted by molar-refractivity contribution is 0.178. The SMILES string of the molecule is Cc1c(-c2cc3cc(OCC4CCCN(S(=O)(=O)c5ccno5)C4)ccc3o2)oc(=O)c(C)c1O. The van der Waals surface area contributed by atoms with Crippen molar-refractivity contribution in [2.24, 2.45) is 5.92 Å². The van der Waals surface area contributed by atoms with E-state index in [0.29, 0.717) is 42.4 Å². The molecule has 1 fully saturated rings. The summed E-state index contributed by atoms with van der Waals surface area (Å²) in [6, 6.07) is 8.37. The Kier molecular flexibility index (Phi) is 5.89. The van der Waals surface area contributed by atoms with Crippen LogP contribution in [-0.2, 0) is 10.0 Å². The maximum atomic E-state index is 12.7. The predicted octanol–water partition coefficient (Wildman–Crippen LogP) is 3.84. The smallest absolute Gasteiger partial charge is 0.343 e. The summed E-state index contributed by atoms with van der Waals surface area (Å²) in [6.45, 7) is 4.25. The molecule has 1 aliphatic heterocycles. The molecule has 0 bridgehead atoms. The normalized spacial score (nSPS) is 17.1. The first-order valence-electron chi connectivity index (χ1n) is 11.1. The first-order valence-corrected chi connectivity index (χ1v) is 12.6. The average molecular weight is 501 g/mol. The van der Waals surface area contributed by atoms with E-state index in [0.717, 1.165) is 18.2 Å². The van der Waals surface area contributed by atoms with Crippen LogP contribution in [-0.4, -0.2) is 42.7 Å². The second-order valence-electron chi connectivity index (χ2n) is 8.64. The molecule has 4 heterocycles. The molecule has 1 aliphatic rings. The summed E-state index contributed by atoms with van der Waals surface area (Å²) in [6.07, 6.45) is 2.88. The van der Waals surface area contributed by atoms with E-state index in [4.69, 9.17) is 18.1 Å². The summed E-state index contributed by atoms with van der Waals surface area (Å²) in [5, 5.41) is 14.3. The molecule has 4 aromatic rings. The fraction of sp³-hybridized carbons (Fsp3) is 0.333. The number of aromatic hydroxyl groups is 1. The highest BCUT2D eigenvalue weighted by molar-refractivity contribution is 7.89. The third-order valence-corrected chi connectivity index (χ3v) is 7.97. The van der Waals surface area contributed by atoms with Crippen LogP contribution in [0, 0.1) is 19.8 Å². The Hall–Kier alpha value is -3.57. The summed E-state index contributed by atoms with van der Waals surface area (Å²) < 4.78 is 48.9. The summed E-state index contributed by atoms with van der Waals surface area (Å²) >= 11 is 0. The molecule has 1 atom stereocenters. The van der Waals surface area contributed by atoms with Crippen LogP contribution >= 0.6 is 0 Å². The molecule has 11 heteroatoms. The lowest BCUT2D eigenvalue weighted by Crippen LogP contribution is -2.41. The first-order chi connectivity index (χ1) is 16.7. The van der Waals surface area contributed by atoms with Crippen LogP contribution in [0.1, 0.15) is 24.0 Å². The average Bonchev–Trinajstić information content (AvgIpc) is 3.54. The highest BCUT2D eigenvalue weighted by Gasteiger charge is 2.32. The number of aromatic nitrogens is 1. The maximum Gasteiger partial charge on any atom is 0.343 e. The molecule has 1 unspecified atom stereocenters. The van der Waals surface area contributed by atoms with Crippen LogP contribution in [0.2, 0.25) is 0 Å². The van der Waals surface area contributed by atoms with Gasteiger partial charge in [-0.05, 0) is 51.0 Å². The number of hydrogen-bond donors (Lipinski definition) is 1. The Labute approximate surface area is 200 Å². The van der Waals surface area contributed by atoms with Crippen molar-refractivity contribution in [3.8, 4) is 23.0 Å². The number of nitrogens with zero attached hydrogens (tertiary/aromatic N) is 2. The molecule has 0 aliphatic carbocycles. The van der Waals surface area contributed by atoms with Gasteiger partial charge in [0, 0.05) is 36.0 Å². The Bertz CT molecular complexity index is 1540. The van der Waals surface area contributed by atoms with Gasteiger partial charge in [-0.2, -0.15) is 4.31 Å². The lowest BCUT2D eigenvalue weighted by atomic mass is 10.0. The standard InChI is InChI=1S/C24H24N2O8S/c1-14-22(27)15(2)24(28)33-23(14)20-11-17-10-18(5-6-19(17)32-20)31-13-16-4-3-9-26(12-16)35(29,30)21-7-8-25-34-21/h5-8,10-11,16,27H,3-4,9,12-13H2,1-2H3. The molecule has 0 radical (unpaired) electrons. The summed E-state index contributed by atoms with van der Waals surface area (Å²) in [5.74, 6) is 0.997. The zero-order valence-corrected chi connectivity index (χ0v) is 20.0. The molecule has 1 N–H and O–H groups in total. The van der Waals surface area contributed by atoms with Crippen molar-refractivity contribution in [1.29, 1.82) is 0 Å². The second-order valence-corrected chi connectivity index (χ2v) is 10.5. The summed E-state index contributed by atoms with van der Waals surface area (Å²) in [5.41, 5.74) is 0.503. The number of rotatable bonds is 6. The van der Waals surface area contributed by atoms with E-state index in [9.17, 15) is 18.3 Å². The molecule has 0 spiro atoms. The second kappa shape index (κ2) is 8.90. The largest absolute Gasteiger partial charge is 0.507 e. The van der Waals surface area contributed by atoms with Crippen LogP contribution in [0.15, 0.2) is 59.8 Å². The van der Waals surface area contributed by atoms with E-state index >= 15 is 0 Å². The minimum absolute atomic E-state index is 0.0181. The van der Waals surface area contributed by atoms with Crippen molar-refractivity contribution in [2.45, 2.75) is 31.8 Å². The molecule has 1 aromatic carbocycles. The molecule has 10 nitrogen and oxygen atoms in total. The third kappa shape index (κ3) is 4.32.